The quantitative estimate of drug-likeness (QED) is 0.664. The molecule has 2 N–H and O–H groups in total. The molecule has 0 saturated carbocycles. The number of imide groups is 2. The molecule has 3 rings (SSSR count). The molecule has 1 aromatic carbocycles. The SMILES string of the molecule is COc1ccc(-c2ccc(C=C3C(=O)NC(=O)NC3=O)o2)cc1. The van der Waals surface area contributed by atoms with Crippen LogP contribution in [0.25, 0.3) is 17.4 Å². The van der Waals surface area contributed by atoms with Gasteiger partial charge in [0.25, 0.3) is 11.8 Å². The average Bonchev–Trinajstić information content (AvgIpc) is 2.99. The van der Waals surface area contributed by atoms with E-state index in [4.69, 9.17) is 9.15 Å². The van der Waals surface area contributed by atoms with Crippen LogP contribution in [0.2, 0.25) is 0 Å². The summed E-state index contributed by atoms with van der Waals surface area (Å²) < 4.78 is 10.7. The van der Waals surface area contributed by atoms with Crippen molar-refractivity contribution in [3.05, 3.63) is 47.7 Å². The lowest BCUT2D eigenvalue weighted by Crippen LogP contribution is -2.51. The third-order valence-corrected chi connectivity index (χ3v) is 3.23. The molecule has 0 spiro atoms. The summed E-state index contributed by atoms with van der Waals surface area (Å²) in [6, 6.07) is 9.76. The Labute approximate surface area is 130 Å². The first-order valence-electron chi connectivity index (χ1n) is 6.69. The Morgan fingerprint density at radius 2 is 1.61 bits per heavy atom. The van der Waals surface area contributed by atoms with Crippen LogP contribution in [-0.4, -0.2) is 25.0 Å². The number of methoxy groups -OCH3 is 1. The summed E-state index contributed by atoms with van der Waals surface area (Å²) >= 11 is 0. The molecule has 1 aromatic heterocycles. The van der Waals surface area contributed by atoms with Crippen LogP contribution in [0.4, 0.5) is 4.79 Å². The molecule has 1 saturated heterocycles. The minimum Gasteiger partial charge on any atom is -0.497 e. The highest BCUT2D eigenvalue weighted by Gasteiger charge is 2.28. The van der Waals surface area contributed by atoms with Crippen molar-refractivity contribution in [2.75, 3.05) is 7.11 Å². The number of ether oxygens (including phenoxy) is 1. The van der Waals surface area contributed by atoms with Gasteiger partial charge in [-0.2, -0.15) is 0 Å². The van der Waals surface area contributed by atoms with Crippen LogP contribution in [0, 0.1) is 0 Å². The molecule has 116 valence electrons. The summed E-state index contributed by atoms with van der Waals surface area (Å²) in [5.74, 6) is 0.0998. The van der Waals surface area contributed by atoms with Crippen LogP contribution >= 0.6 is 0 Å². The van der Waals surface area contributed by atoms with Gasteiger partial charge >= 0.3 is 6.03 Å². The summed E-state index contributed by atoms with van der Waals surface area (Å²) in [5.41, 5.74) is 0.628. The van der Waals surface area contributed by atoms with Crippen molar-refractivity contribution in [3.63, 3.8) is 0 Å². The summed E-state index contributed by atoms with van der Waals surface area (Å²) in [7, 11) is 1.58. The number of rotatable bonds is 3. The lowest BCUT2D eigenvalue weighted by Gasteiger charge is -2.13. The third-order valence-electron chi connectivity index (χ3n) is 3.23. The van der Waals surface area contributed by atoms with Crippen LogP contribution < -0.4 is 15.4 Å². The molecule has 0 atom stereocenters. The number of carbonyl (C=O) groups is 3. The van der Waals surface area contributed by atoms with Gasteiger partial charge in [0, 0.05) is 5.56 Å². The molecule has 1 fully saturated rings. The number of hydrogen-bond donors (Lipinski definition) is 2. The van der Waals surface area contributed by atoms with E-state index in [0.717, 1.165) is 11.3 Å². The van der Waals surface area contributed by atoms with Gasteiger partial charge < -0.3 is 9.15 Å². The van der Waals surface area contributed by atoms with Gasteiger partial charge in [-0.25, -0.2) is 4.79 Å². The number of barbiturate groups is 1. The fraction of sp³-hybridized carbons (Fsp3) is 0.0625. The molecule has 2 aromatic rings. The maximum Gasteiger partial charge on any atom is 0.328 e. The van der Waals surface area contributed by atoms with Gasteiger partial charge in [0.05, 0.1) is 7.11 Å². The number of benzene rings is 1. The van der Waals surface area contributed by atoms with E-state index in [-0.39, 0.29) is 5.57 Å². The maximum atomic E-state index is 11.7. The molecule has 1 aliphatic heterocycles. The summed E-state index contributed by atoms with van der Waals surface area (Å²) in [4.78, 5) is 34.3. The summed E-state index contributed by atoms with van der Waals surface area (Å²) in [6.07, 6.45) is 1.28. The number of urea groups is 1. The molecule has 7 nitrogen and oxygen atoms in total. The fourth-order valence-corrected chi connectivity index (χ4v) is 2.09. The third kappa shape index (κ3) is 2.98. The van der Waals surface area contributed by atoms with Gasteiger partial charge in [-0.3, -0.25) is 20.2 Å². The first kappa shape index (κ1) is 14.6. The van der Waals surface area contributed by atoms with Crippen molar-refractivity contribution < 1.29 is 23.5 Å². The molecular weight excluding hydrogens is 300 g/mol. The second kappa shape index (κ2) is 5.80. The monoisotopic (exact) mass is 312 g/mol. The largest absolute Gasteiger partial charge is 0.497 e. The van der Waals surface area contributed by atoms with Crippen molar-refractivity contribution in [1.82, 2.24) is 10.6 Å². The zero-order valence-electron chi connectivity index (χ0n) is 12.1. The average molecular weight is 312 g/mol. The van der Waals surface area contributed by atoms with E-state index in [1.54, 1.807) is 31.4 Å². The van der Waals surface area contributed by atoms with E-state index >= 15 is 0 Å². The lowest BCUT2D eigenvalue weighted by molar-refractivity contribution is -0.123. The Morgan fingerprint density at radius 1 is 0.957 bits per heavy atom. The minimum absolute atomic E-state index is 0.194. The van der Waals surface area contributed by atoms with Crippen molar-refractivity contribution in [2.45, 2.75) is 0 Å². The molecule has 0 radical (unpaired) electrons. The van der Waals surface area contributed by atoms with Crippen molar-refractivity contribution >= 4 is 23.9 Å². The van der Waals surface area contributed by atoms with E-state index in [0.29, 0.717) is 11.5 Å². The molecule has 0 bridgehead atoms. The second-order valence-corrected chi connectivity index (χ2v) is 4.73. The van der Waals surface area contributed by atoms with Gasteiger partial charge in [-0.15, -0.1) is 0 Å². The zero-order chi connectivity index (χ0) is 16.4. The minimum atomic E-state index is -0.837. The van der Waals surface area contributed by atoms with Crippen LogP contribution in [0.1, 0.15) is 5.76 Å². The number of carbonyl (C=O) groups excluding carboxylic acids is 3. The van der Waals surface area contributed by atoms with Crippen LogP contribution in [0.3, 0.4) is 0 Å². The molecule has 4 amide bonds. The van der Waals surface area contributed by atoms with Crippen molar-refractivity contribution in [2.24, 2.45) is 0 Å². The number of hydrogen-bond acceptors (Lipinski definition) is 5. The molecule has 23 heavy (non-hydrogen) atoms. The van der Waals surface area contributed by atoms with Crippen LogP contribution in [-0.2, 0) is 9.59 Å². The van der Waals surface area contributed by atoms with Gasteiger partial charge in [0.2, 0.25) is 0 Å². The van der Waals surface area contributed by atoms with E-state index in [2.05, 4.69) is 0 Å². The molecule has 0 unspecified atom stereocenters. The highest BCUT2D eigenvalue weighted by molar-refractivity contribution is 6.31. The van der Waals surface area contributed by atoms with Crippen LogP contribution in [0.5, 0.6) is 5.75 Å². The van der Waals surface area contributed by atoms with E-state index in [1.807, 2.05) is 22.8 Å². The number of amides is 4. The zero-order valence-corrected chi connectivity index (χ0v) is 12.1. The normalized spacial score (nSPS) is 14.3. The Bertz CT molecular complexity index is 795. The second-order valence-electron chi connectivity index (χ2n) is 4.73. The molecule has 1 aliphatic rings. The van der Waals surface area contributed by atoms with Gasteiger partial charge in [-0.1, -0.05) is 0 Å². The Balaban J connectivity index is 1.86. The van der Waals surface area contributed by atoms with Crippen LogP contribution in [0.15, 0.2) is 46.4 Å². The molecule has 2 heterocycles. The predicted molar refractivity (Wildman–Crippen MR) is 80.4 cm³/mol. The van der Waals surface area contributed by atoms with E-state index in [9.17, 15) is 14.4 Å². The van der Waals surface area contributed by atoms with Gasteiger partial charge in [0.1, 0.15) is 22.8 Å². The summed E-state index contributed by atoms with van der Waals surface area (Å²) in [5, 5.41) is 4.00. The first-order chi connectivity index (χ1) is 11.1. The highest BCUT2D eigenvalue weighted by Crippen LogP contribution is 2.25. The Morgan fingerprint density at radius 3 is 2.22 bits per heavy atom. The standard InChI is InChI=1S/C16H12N2O5/c1-22-10-4-2-9(3-5-10)13-7-6-11(23-13)8-12-14(19)17-16(21)18-15(12)20/h2-8H,1H3,(H2,17,18,19,20,21). The highest BCUT2D eigenvalue weighted by atomic mass is 16.5. The molecule has 7 heteroatoms. The summed E-state index contributed by atoms with van der Waals surface area (Å²) in [6.45, 7) is 0. The predicted octanol–water partition coefficient (Wildman–Crippen LogP) is 1.70. The molecule has 0 aliphatic carbocycles. The van der Waals surface area contributed by atoms with E-state index in [1.165, 1.54) is 6.08 Å². The maximum absolute atomic E-state index is 11.7. The van der Waals surface area contributed by atoms with E-state index < -0.39 is 17.8 Å². The van der Waals surface area contributed by atoms with Crippen molar-refractivity contribution in [3.8, 4) is 17.1 Å². The Hall–Kier alpha value is -3.35. The first-order valence-corrected chi connectivity index (χ1v) is 6.69. The number of nitrogens with one attached hydrogen (secondary N) is 2. The number of furan rings is 1. The fourth-order valence-electron chi connectivity index (χ4n) is 2.09. The smallest absolute Gasteiger partial charge is 0.328 e. The lowest BCUT2D eigenvalue weighted by atomic mass is 10.1. The topological polar surface area (TPSA) is 97.6 Å². The Kier molecular flexibility index (Phi) is 3.68. The van der Waals surface area contributed by atoms with Crippen molar-refractivity contribution in [1.29, 1.82) is 0 Å². The molecular formula is C16H12N2O5. The van der Waals surface area contributed by atoms with Gasteiger partial charge in [0.15, 0.2) is 0 Å². The van der Waals surface area contributed by atoms with Gasteiger partial charge in [-0.05, 0) is 42.5 Å².